The lowest BCUT2D eigenvalue weighted by Crippen LogP contribution is -2.34. The molecule has 7 rings (SSSR count). The molecule has 0 fully saturated rings. The van der Waals surface area contributed by atoms with Crippen LogP contribution in [0.1, 0.15) is 332 Å². The number of hydrogen-bond donors (Lipinski definition) is 4. The summed E-state index contributed by atoms with van der Waals surface area (Å²) < 4.78 is 50.5. The SMILES string of the molecule is CCCCCCCCCCCCC1(CCCCCCCCCCCC)c2cc(B(O)O)c3nonc3c2-c2c(F)c3c(c(F)c21)-c1c(cc(B(O)O)c2nonc12)C3(CCCCCCCCCCCC)CCCCCCCCCCCC. The van der Waals surface area contributed by atoms with Gasteiger partial charge in [-0.1, -0.05) is 307 Å². The number of halogens is 2. The minimum absolute atomic E-state index is 0.110. The van der Waals surface area contributed by atoms with Crippen LogP contribution in [0.25, 0.3) is 44.3 Å². The van der Waals surface area contributed by atoms with Crippen molar-refractivity contribution in [1.82, 2.24) is 20.6 Å². The van der Waals surface area contributed by atoms with Crippen LogP contribution in [0.5, 0.6) is 0 Å². The topological polar surface area (TPSA) is 159 Å². The lowest BCUT2D eigenvalue weighted by molar-refractivity contribution is 0.315. The number of aromatic nitrogens is 4. The van der Waals surface area contributed by atoms with Gasteiger partial charge in [-0.2, -0.15) is 0 Å². The fraction of sp³-hybridized carbons (Fsp3) is 0.735. The van der Waals surface area contributed by atoms with E-state index in [9.17, 15) is 20.1 Å². The third-order valence-corrected chi connectivity index (χ3v) is 19.4. The Hall–Kier alpha value is -3.71. The van der Waals surface area contributed by atoms with Crippen molar-refractivity contribution in [2.75, 3.05) is 0 Å². The first-order valence-electron chi connectivity index (χ1n) is 34.0. The smallest absolute Gasteiger partial charge is 0.423 e. The van der Waals surface area contributed by atoms with Crippen molar-refractivity contribution >= 4 is 47.2 Å². The zero-order valence-electron chi connectivity index (χ0n) is 51.6. The number of benzene rings is 3. The van der Waals surface area contributed by atoms with E-state index in [1.54, 1.807) is 12.1 Å². The summed E-state index contributed by atoms with van der Waals surface area (Å²) in [5.74, 6) is -1.01. The molecule has 0 spiro atoms. The Bertz CT molecular complexity index is 2450. The second-order valence-electron chi connectivity index (χ2n) is 25.5. The Kier molecular flexibility index (Phi) is 27.6. The molecule has 10 nitrogen and oxygen atoms in total. The van der Waals surface area contributed by atoms with E-state index >= 15 is 8.78 Å². The summed E-state index contributed by atoms with van der Waals surface area (Å²) >= 11 is 0. The molecular formula is C68H106B2F2N4O6. The largest absolute Gasteiger partial charge is 0.490 e. The minimum Gasteiger partial charge on any atom is -0.423 e. The van der Waals surface area contributed by atoms with Crippen molar-refractivity contribution < 1.29 is 38.1 Å². The van der Waals surface area contributed by atoms with Crippen molar-refractivity contribution in [3.63, 3.8) is 0 Å². The van der Waals surface area contributed by atoms with Gasteiger partial charge in [0.25, 0.3) is 0 Å². The van der Waals surface area contributed by atoms with Crippen molar-refractivity contribution in [2.24, 2.45) is 0 Å². The van der Waals surface area contributed by atoms with E-state index in [1.165, 1.54) is 154 Å². The highest BCUT2D eigenvalue weighted by molar-refractivity contribution is 6.62. The zero-order valence-corrected chi connectivity index (χ0v) is 51.6. The molecule has 14 heteroatoms. The molecule has 0 unspecified atom stereocenters. The molecule has 0 saturated carbocycles. The summed E-state index contributed by atoms with van der Waals surface area (Å²) in [6.45, 7) is 8.98. The molecule has 82 heavy (non-hydrogen) atoms. The first-order chi connectivity index (χ1) is 40.1. The monoisotopic (exact) mass is 1130 g/mol. The molecule has 0 aliphatic heterocycles. The van der Waals surface area contributed by atoms with Crippen molar-refractivity contribution in [3.05, 3.63) is 46.0 Å². The third kappa shape index (κ3) is 16.0. The predicted octanol–water partition coefficient (Wildman–Crippen LogP) is 18.2. The minimum atomic E-state index is -1.93. The molecule has 2 aliphatic rings. The van der Waals surface area contributed by atoms with E-state index in [0.717, 1.165) is 103 Å². The number of rotatable bonds is 46. The van der Waals surface area contributed by atoms with Gasteiger partial charge in [0.05, 0.1) is 0 Å². The molecule has 2 aliphatic carbocycles. The summed E-state index contributed by atoms with van der Waals surface area (Å²) in [4.78, 5) is 0. The summed E-state index contributed by atoms with van der Waals surface area (Å²) in [6, 6.07) is 3.51. The molecule has 0 radical (unpaired) electrons. The molecule has 5 aromatic rings. The summed E-state index contributed by atoms with van der Waals surface area (Å²) in [7, 11) is -3.86. The molecular weight excluding hydrogens is 1030 g/mol. The van der Waals surface area contributed by atoms with E-state index in [4.69, 9.17) is 9.26 Å². The Morgan fingerprint density at radius 2 is 0.549 bits per heavy atom. The van der Waals surface area contributed by atoms with E-state index in [0.29, 0.717) is 47.9 Å². The summed E-state index contributed by atoms with van der Waals surface area (Å²) in [5.41, 5.74) is 1.82. The number of hydrogen-bond acceptors (Lipinski definition) is 10. The van der Waals surface area contributed by atoms with Crippen LogP contribution in [0, 0.1) is 11.6 Å². The molecule has 0 amide bonds. The number of unbranched alkanes of at least 4 members (excludes halogenated alkanes) is 36. The maximum absolute atomic E-state index is 19.8. The highest BCUT2D eigenvalue weighted by Gasteiger charge is 2.55. The van der Waals surface area contributed by atoms with Crippen LogP contribution in [0.2, 0.25) is 0 Å². The Morgan fingerprint density at radius 1 is 0.329 bits per heavy atom. The van der Waals surface area contributed by atoms with Gasteiger partial charge in [0, 0.05) is 55.1 Å². The normalized spacial score (nSPS) is 13.9. The molecule has 2 heterocycles. The van der Waals surface area contributed by atoms with Gasteiger partial charge in [-0.15, -0.1) is 0 Å². The molecule has 4 N–H and O–H groups in total. The van der Waals surface area contributed by atoms with Crippen molar-refractivity contribution in [1.29, 1.82) is 0 Å². The van der Waals surface area contributed by atoms with Crippen LogP contribution < -0.4 is 10.9 Å². The summed E-state index contributed by atoms with van der Waals surface area (Å²) in [6.07, 6.45) is 47.3. The van der Waals surface area contributed by atoms with Crippen LogP contribution in [0.4, 0.5) is 8.78 Å². The first-order valence-corrected chi connectivity index (χ1v) is 34.0. The van der Waals surface area contributed by atoms with Crippen molar-refractivity contribution in [2.45, 2.75) is 321 Å². The van der Waals surface area contributed by atoms with Crippen LogP contribution in [-0.4, -0.2) is 55.0 Å². The standard InChI is InChI=1S/C68H106B2F2N4O6/c1-5-9-13-17-21-25-29-33-37-41-45-67(46-42-38-34-30-26-22-18-14-10-6-2)51-49-53(69(77)78)63-65(75-81-73-63)55(51)57-59(67)61(71)58-56-52(50-54(70(79)80)64-66(56)76-82-74-64)68(60(58)62(57)72,47-43-39-35-31-27-23-19-15-11-7-3)48-44-40-36-32-28-24-20-16-12-8-4/h49-50,77-80H,5-48H2,1-4H3. The van der Waals surface area contributed by atoms with E-state index in [1.807, 2.05) is 0 Å². The lowest BCUT2D eigenvalue weighted by Gasteiger charge is -2.35. The maximum Gasteiger partial charge on any atom is 0.490 e. The van der Waals surface area contributed by atoms with E-state index in [-0.39, 0.29) is 55.2 Å². The van der Waals surface area contributed by atoms with Gasteiger partial charge in [-0.3, -0.25) is 0 Å². The fourth-order valence-corrected chi connectivity index (χ4v) is 14.9. The molecule has 0 atom stereocenters. The summed E-state index contributed by atoms with van der Waals surface area (Å²) in [5, 5.41) is 61.6. The van der Waals surface area contributed by atoms with Crippen LogP contribution in [0.3, 0.4) is 0 Å². The predicted molar refractivity (Wildman–Crippen MR) is 335 cm³/mol. The lowest BCUT2D eigenvalue weighted by atomic mass is 9.67. The maximum atomic E-state index is 19.8. The average molecular weight is 1140 g/mol. The Morgan fingerprint density at radius 3 is 0.780 bits per heavy atom. The zero-order chi connectivity index (χ0) is 58.2. The highest BCUT2D eigenvalue weighted by Crippen LogP contribution is 2.64. The van der Waals surface area contributed by atoms with Crippen LogP contribution >= 0.6 is 0 Å². The van der Waals surface area contributed by atoms with Crippen molar-refractivity contribution in [3.8, 4) is 22.3 Å². The van der Waals surface area contributed by atoms with E-state index in [2.05, 4.69) is 48.3 Å². The van der Waals surface area contributed by atoms with Gasteiger partial charge in [0.15, 0.2) is 0 Å². The molecule has 0 saturated heterocycles. The molecule has 0 bridgehead atoms. The van der Waals surface area contributed by atoms with Crippen LogP contribution in [0.15, 0.2) is 21.4 Å². The first kappa shape index (κ1) is 65.8. The number of fused-ring (bicyclic) bond motifs is 10. The second-order valence-corrected chi connectivity index (χ2v) is 25.5. The fourth-order valence-electron chi connectivity index (χ4n) is 14.9. The van der Waals surface area contributed by atoms with Gasteiger partial charge < -0.3 is 20.1 Å². The van der Waals surface area contributed by atoms with Gasteiger partial charge in [-0.05, 0) is 47.1 Å². The van der Waals surface area contributed by atoms with E-state index < -0.39 is 36.7 Å². The Balaban J connectivity index is 1.36. The third-order valence-electron chi connectivity index (χ3n) is 19.4. The Labute approximate surface area is 493 Å². The van der Waals surface area contributed by atoms with Crippen LogP contribution in [-0.2, 0) is 10.8 Å². The highest BCUT2D eigenvalue weighted by atomic mass is 19.1. The quantitative estimate of drug-likeness (QED) is 0.0218. The molecule has 454 valence electrons. The number of nitrogens with zero attached hydrogens (tertiary/aromatic N) is 4. The van der Waals surface area contributed by atoms with Gasteiger partial charge in [-0.25, -0.2) is 18.0 Å². The molecule has 2 aromatic heterocycles. The van der Waals surface area contributed by atoms with Gasteiger partial charge in [0.2, 0.25) is 0 Å². The molecule has 3 aromatic carbocycles. The second kappa shape index (κ2) is 34.4. The van der Waals surface area contributed by atoms with Gasteiger partial charge >= 0.3 is 14.2 Å². The van der Waals surface area contributed by atoms with Gasteiger partial charge in [0.1, 0.15) is 33.7 Å². The average Bonchev–Trinajstić information content (AvgIpc) is 3.45.